The van der Waals surface area contributed by atoms with Crippen LogP contribution in [0.25, 0.3) is 17.1 Å². The molecule has 0 aliphatic rings. The van der Waals surface area contributed by atoms with Gasteiger partial charge in [0.15, 0.2) is 16.7 Å². The zero-order valence-electron chi connectivity index (χ0n) is 18.1. The van der Waals surface area contributed by atoms with E-state index in [1.54, 1.807) is 22.8 Å². The topological polar surface area (TPSA) is 115 Å². The zero-order valence-corrected chi connectivity index (χ0v) is 20.4. The number of halogens is 2. The monoisotopic (exact) mass is 526 g/mol. The van der Waals surface area contributed by atoms with Gasteiger partial charge in [-0.3, -0.25) is 24.9 Å². The minimum absolute atomic E-state index is 0.0509. The molecule has 1 heterocycles. The van der Waals surface area contributed by atoms with Crippen LogP contribution in [0.4, 0.5) is 11.4 Å². The SMILES string of the molecule is CC(=O)/C(=N\Nc1ccc([N+](=O)[O-])cc1)Sc1nnc(-c2ccc(Cl)cc2Cl)n1-c1ccccc1. The number of carbonyl (C=O) groups is 1. The predicted octanol–water partition coefficient (Wildman–Crippen LogP) is 6.26. The van der Waals surface area contributed by atoms with Crippen molar-refractivity contribution in [2.45, 2.75) is 12.1 Å². The molecule has 0 atom stereocenters. The van der Waals surface area contributed by atoms with E-state index in [2.05, 4.69) is 20.7 Å². The maximum absolute atomic E-state index is 12.4. The maximum Gasteiger partial charge on any atom is 0.269 e. The number of anilines is 1. The number of nitrogens with one attached hydrogen (secondary N) is 1. The minimum Gasteiger partial charge on any atom is -0.292 e. The summed E-state index contributed by atoms with van der Waals surface area (Å²) in [5.41, 5.74) is 4.56. The Labute approximate surface area is 213 Å². The van der Waals surface area contributed by atoms with Gasteiger partial charge >= 0.3 is 0 Å². The van der Waals surface area contributed by atoms with Crippen molar-refractivity contribution in [2.24, 2.45) is 5.10 Å². The minimum atomic E-state index is -0.495. The average molecular weight is 527 g/mol. The van der Waals surface area contributed by atoms with Gasteiger partial charge in [-0.15, -0.1) is 10.2 Å². The fourth-order valence-corrected chi connectivity index (χ4v) is 4.29. The Balaban J connectivity index is 1.71. The molecule has 0 radical (unpaired) electrons. The smallest absolute Gasteiger partial charge is 0.269 e. The molecular weight excluding hydrogens is 511 g/mol. The number of hydrogen-bond donors (Lipinski definition) is 1. The van der Waals surface area contributed by atoms with Crippen molar-refractivity contribution in [3.63, 3.8) is 0 Å². The number of aromatic nitrogens is 3. The van der Waals surface area contributed by atoms with E-state index in [0.717, 1.165) is 17.4 Å². The van der Waals surface area contributed by atoms with Crippen molar-refractivity contribution in [3.8, 4) is 17.1 Å². The third-order valence-electron chi connectivity index (χ3n) is 4.67. The van der Waals surface area contributed by atoms with Crippen LogP contribution >= 0.6 is 35.0 Å². The first-order valence-corrected chi connectivity index (χ1v) is 11.6. The van der Waals surface area contributed by atoms with Crippen LogP contribution in [0, 0.1) is 10.1 Å². The third kappa shape index (κ3) is 5.68. The van der Waals surface area contributed by atoms with Gasteiger partial charge in [0.25, 0.3) is 5.69 Å². The number of benzene rings is 3. The molecule has 176 valence electrons. The van der Waals surface area contributed by atoms with E-state index in [1.807, 2.05) is 30.3 Å². The van der Waals surface area contributed by atoms with E-state index in [9.17, 15) is 14.9 Å². The fraction of sp³-hybridized carbons (Fsp3) is 0.0435. The summed E-state index contributed by atoms with van der Waals surface area (Å²) in [6.45, 7) is 1.38. The second-order valence-electron chi connectivity index (χ2n) is 7.09. The van der Waals surface area contributed by atoms with Crippen molar-refractivity contribution < 1.29 is 9.72 Å². The second kappa shape index (κ2) is 10.7. The number of nitro groups is 1. The van der Waals surface area contributed by atoms with Crippen LogP contribution in [-0.4, -0.2) is 30.5 Å². The standard InChI is InChI=1S/C23H16Cl2N6O3S/c1-14(32)22(28-26-16-8-10-18(11-9-16)31(33)34)35-23-29-27-21(19-12-7-15(24)13-20(19)25)30(23)17-5-3-2-4-6-17/h2-13,26H,1H3/b28-22+. The van der Waals surface area contributed by atoms with Gasteiger partial charge in [-0.25, -0.2) is 0 Å². The highest BCUT2D eigenvalue weighted by atomic mass is 35.5. The van der Waals surface area contributed by atoms with Gasteiger partial charge in [0, 0.05) is 35.3 Å². The number of rotatable bonds is 7. The van der Waals surface area contributed by atoms with Gasteiger partial charge < -0.3 is 0 Å². The summed E-state index contributed by atoms with van der Waals surface area (Å²) >= 11 is 13.5. The Morgan fingerprint density at radius 2 is 1.77 bits per heavy atom. The molecular formula is C23H16Cl2N6O3S. The third-order valence-corrected chi connectivity index (χ3v) is 6.24. The average Bonchev–Trinajstić information content (AvgIpc) is 3.25. The largest absolute Gasteiger partial charge is 0.292 e. The lowest BCUT2D eigenvalue weighted by Crippen LogP contribution is -2.10. The second-order valence-corrected chi connectivity index (χ2v) is 8.89. The Kier molecular flexibility index (Phi) is 7.45. The molecule has 0 saturated carbocycles. The molecule has 12 heteroatoms. The Morgan fingerprint density at radius 1 is 1.06 bits per heavy atom. The molecule has 4 aromatic rings. The molecule has 0 saturated heterocycles. The van der Waals surface area contributed by atoms with Crippen LogP contribution < -0.4 is 5.43 Å². The Morgan fingerprint density at radius 3 is 2.40 bits per heavy atom. The van der Waals surface area contributed by atoms with Crippen LogP contribution in [0.2, 0.25) is 10.0 Å². The molecule has 0 amide bonds. The first kappa shape index (κ1) is 24.4. The van der Waals surface area contributed by atoms with Crippen molar-refractivity contribution >= 4 is 57.2 Å². The number of non-ortho nitro benzene ring substituents is 1. The van der Waals surface area contributed by atoms with Gasteiger partial charge in [-0.1, -0.05) is 41.4 Å². The van der Waals surface area contributed by atoms with E-state index >= 15 is 0 Å². The Hall–Kier alpha value is -3.73. The highest BCUT2D eigenvalue weighted by Crippen LogP contribution is 2.34. The Bertz CT molecular complexity index is 1430. The molecule has 0 unspecified atom stereocenters. The molecule has 0 aliphatic carbocycles. The quantitative estimate of drug-likeness (QED) is 0.0992. The number of nitrogens with zero attached hydrogens (tertiary/aromatic N) is 5. The van der Waals surface area contributed by atoms with E-state index in [4.69, 9.17) is 23.2 Å². The molecule has 9 nitrogen and oxygen atoms in total. The molecule has 3 aromatic carbocycles. The van der Waals surface area contributed by atoms with Crippen molar-refractivity contribution in [1.82, 2.24) is 14.8 Å². The number of ketones is 1. The van der Waals surface area contributed by atoms with E-state index in [1.165, 1.54) is 31.2 Å². The number of para-hydroxylation sites is 1. The number of Topliss-reactive ketones (excluding diaryl/α,β-unsaturated/α-hetero) is 1. The fourth-order valence-electron chi connectivity index (χ4n) is 3.02. The maximum atomic E-state index is 12.4. The van der Waals surface area contributed by atoms with Gasteiger partial charge in [-0.05, 0) is 54.2 Å². The molecule has 1 N–H and O–H groups in total. The summed E-state index contributed by atoms with van der Waals surface area (Å²) in [6.07, 6.45) is 0. The molecule has 1 aromatic heterocycles. The van der Waals surface area contributed by atoms with Crippen molar-refractivity contribution in [2.75, 3.05) is 5.43 Å². The number of carbonyl (C=O) groups excluding carboxylic acids is 1. The van der Waals surface area contributed by atoms with E-state index < -0.39 is 4.92 Å². The predicted molar refractivity (Wildman–Crippen MR) is 138 cm³/mol. The van der Waals surface area contributed by atoms with Gasteiger partial charge in [-0.2, -0.15) is 5.10 Å². The molecule has 0 aliphatic heterocycles. The lowest BCUT2D eigenvalue weighted by atomic mass is 10.2. The lowest BCUT2D eigenvalue weighted by Gasteiger charge is -2.11. The molecule has 0 spiro atoms. The summed E-state index contributed by atoms with van der Waals surface area (Å²) in [5.74, 6) is 0.157. The van der Waals surface area contributed by atoms with E-state index in [0.29, 0.717) is 32.3 Å². The lowest BCUT2D eigenvalue weighted by molar-refractivity contribution is -0.384. The van der Waals surface area contributed by atoms with Crippen LogP contribution in [0.5, 0.6) is 0 Å². The van der Waals surface area contributed by atoms with Crippen LogP contribution in [0.15, 0.2) is 83.1 Å². The van der Waals surface area contributed by atoms with E-state index in [-0.39, 0.29) is 16.5 Å². The van der Waals surface area contributed by atoms with Gasteiger partial charge in [0.1, 0.15) is 0 Å². The summed E-state index contributed by atoms with van der Waals surface area (Å²) in [6, 6.07) is 20.1. The number of thioether (sulfide) groups is 1. The zero-order chi connectivity index (χ0) is 24.9. The highest BCUT2D eigenvalue weighted by Gasteiger charge is 2.21. The van der Waals surface area contributed by atoms with Crippen molar-refractivity contribution in [1.29, 1.82) is 0 Å². The summed E-state index contributed by atoms with van der Waals surface area (Å²) in [5, 5.41) is 25.0. The van der Waals surface area contributed by atoms with Crippen LogP contribution in [0.1, 0.15) is 6.92 Å². The first-order chi connectivity index (χ1) is 16.8. The highest BCUT2D eigenvalue weighted by molar-refractivity contribution is 8.15. The van der Waals surface area contributed by atoms with Gasteiger partial charge in [0.2, 0.25) is 5.16 Å². The molecule has 4 rings (SSSR count). The van der Waals surface area contributed by atoms with Crippen molar-refractivity contribution in [3.05, 3.63) is 93.0 Å². The first-order valence-electron chi connectivity index (χ1n) is 10.1. The number of hydrazone groups is 1. The van der Waals surface area contributed by atoms with Gasteiger partial charge in [0.05, 0.1) is 15.6 Å². The molecule has 0 fully saturated rings. The summed E-state index contributed by atoms with van der Waals surface area (Å²) in [7, 11) is 0. The summed E-state index contributed by atoms with van der Waals surface area (Å²) < 4.78 is 1.77. The number of hydrogen-bond acceptors (Lipinski definition) is 8. The molecule has 0 bridgehead atoms. The number of nitro benzene ring substituents is 1. The van der Waals surface area contributed by atoms with Crippen LogP contribution in [-0.2, 0) is 4.79 Å². The summed E-state index contributed by atoms with van der Waals surface area (Å²) in [4.78, 5) is 22.7. The normalized spacial score (nSPS) is 11.3. The van der Waals surface area contributed by atoms with Crippen LogP contribution in [0.3, 0.4) is 0 Å². The molecule has 35 heavy (non-hydrogen) atoms.